The Morgan fingerprint density at radius 3 is 2.80 bits per heavy atom. The van der Waals surface area contributed by atoms with E-state index in [0.29, 0.717) is 5.02 Å². The van der Waals surface area contributed by atoms with Gasteiger partial charge in [-0.25, -0.2) is 0 Å². The SMILES string of the molecule is SCC1(Cn2cc(Cl)cn2)CCOCC1. The first-order chi connectivity index (χ1) is 7.24. The van der Waals surface area contributed by atoms with Gasteiger partial charge >= 0.3 is 0 Å². The molecule has 2 rings (SSSR count). The van der Waals surface area contributed by atoms with Crippen molar-refractivity contribution in [2.75, 3.05) is 19.0 Å². The molecule has 15 heavy (non-hydrogen) atoms. The standard InChI is InChI=1S/C10H15ClN2OS/c11-9-5-12-13(6-9)7-10(8-15)1-3-14-4-2-10/h5-6,15H,1-4,7-8H2. The zero-order valence-corrected chi connectivity index (χ0v) is 10.2. The Kier molecular flexibility index (Phi) is 3.59. The Morgan fingerprint density at radius 2 is 2.27 bits per heavy atom. The number of halogens is 1. The predicted octanol–water partition coefficient (Wildman–Crippen LogP) is 2.26. The molecule has 0 aromatic carbocycles. The van der Waals surface area contributed by atoms with Crippen molar-refractivity contribution < 1.29 is 4.74 Å². The van der Waals surface area contributed by atoms with Gasteiger partial charge in [-0.15, -0.1) is 0 Å². The molecule has 1 aromatic heterocycles. The molecule has 1 aliphatic heterocycles. The lowest BCUT2D eigenvalue weighted by Crippen LogP contribution is -2.35. The number of aromatic nitrogens is 2. The molecule has 1 aromatic rings. The maximum Gasteiger partial charge on any atom is 0.0785 e. The number of rotatable bonds is 3. The van der Waals surface area contributed by atoms with E-state index < -0.39 is 0 Å². The summed E-state index contributed by atoms with van der Waals surface area (Å²) in [6.45, 7) is 2.54. The highest BCUT2D eigenvalue weighted by molar-refractivity contribution is 7.80. The van der Waals surface area contributed by atoms with Gasteiger partial charge in [0.25, 0.3) is 0 Å². The van der Waals surface area contributed by atoms with E-state index >= 15 is 0 Å². The summed E-state index contributed by atoms with van der Waals surface area (Å²) in [6.07, 6.45) is 5.64. The molecule has 5 heteroatoms. The Balaban J connectivity index is 2.06. The molecule has 1 saturated heterocycles. The molecule has 0 bridgehead atoms. The minimum atomic E-state index is 0.219. The van der Waals surface area contributed by atoms with E-state index in [2.05, 4.69) is 17.7 Å². The molecule has 0 radical (unpaired) electrons. The van der Waals surface area contributed by atoms with Gasteiger partial charge in [-0.05, 0) is 18.6 Å². The van der Waals surface area contributed by atoms with Crippen molar-refractivity contribution in [3.8, 4) is 0 Å². The summed E-state index contributed by atoms with van der Waals surface area (Å²) in [5.41, 5.74) is 0.219. The maximum atomic E-state index is 5.84. The summed E-state index contributed by atoms with van der Waals surface area (Å²) in [5.74, 6) is 0.869. The second-order valence-corrected chi connectivity index (χ2v) is 4.88. The number of nitrogens with zero attached hydrogens (tertiary/aromatic N) is 2. The Morgan fingerprint density at radius 1 is 1.53 bits per heavy atom. The predicted molar refractivity (Wildman–Crippen MR) is 63.6 cm³/mol. The average Bonchev–Trinajstić information content (AvgIpc) is 2.65. The van der Waals surface area contributed by atoms with Crippen LogP contribution in [-0.2, 0) is 11.3 Å². The zero-order valence-electron chi connectivity index (χ0n) is 8.53. The molecule has 0 spiro atoms. The molecule has 2 heterocycles. The van der Waals surface area contributed by atoms with Gasteiger partial charge in [-0.1, -0.05) is 11.6 Å². The van der Waals surface area contributed by atoms with Gasteiger partial charge in [0.05, 0.1) is 11.2 Å². The first kappa shape index (κ1) is 11.3. The molecule has 0 atom stereocenters. The molecule has 0 unspecified atom stereocenters. The third-order valence-corrected chi connectivity index (χ3v) is 3.85. The minimum Gasteiger partial charge on any atom is -0.381 e. The van der Waals surface area contributed by atoms with Crippen LogP contribution >= 0.6 is 24.2 Å². The van der Waals surface area contributed by atoms with Crippen molar-refractivity contribution in [1.29, 1.82) is 0 Å². The molecule has 0 amide bonds. The smallest absolute Gasteiger partial charge is 0.0785 e. The number of ether oxygens (including phenoxy) is 1. The second-order valence-electron chi connectivity index (χ2n) is 4.13. The summed E-state index contributed by atoms with van der Waals surface area (Å²) < 4.78 is 7.29. The fourth-order valence-electron chi connectivity index (χ4n) is 1.94. The third kappa shape index (κ3) is 2.68. The van der Waals surface area contributed by atoms with Gasteiger partial charge in [0.15, 0.2) is 0 Å². The fourth-order valence-corrected chi connectivity index (χ4v) is 2.51. The van der Waals surface area contributed by atoms with Crippen molar-refractivity contribution in [2.45, 2.75) is 19.4 Å². The van der Waals surface area contributed by atoms with Gasteiger partial charge in [0, 0.05) is 31.4 Å². The van der Waals surface area contributed by atoms with E-state index in [4.69, 9.17) is 16.3 Å². The van der Waals surface area contributed by atoms with E-state index in [0.717, 1.165) is 38.4 Å². The quantitative estimate of drug-likeness (QED) is 0.829. The van der Waals surface area contributed by atoms with E-state index in [-0.39, 0.29) is 5.41 Å². The van der Waals surface area contributed by atoms with Crippen LogP contribution in [0.15, 0.2) is 12.4 Å². The van der Waals surface area contributed by atoms with Gasteiger partial charge in [-0.3, -0.25) is 4.68 Å². The number of hydrogen-bond donors (Lipinski definition) is 1. The summed E-state index contributed by atoms with van der Waals surface area (Å²) in [6, 6.07) is 0. The lowest BCUT2D eigenvalue weighted by molar-refractivity contribution is 0.0165. The lowest BCUT2D eigenvalue weighted by Gasteiger charge is -2.35. The summed E-state index contributed by atoms with van der Waals surface area (Å²) in [5, 5.41) is 4.90. The van der Waals surface area contributed by atoms with Gasteiger partial charge in [-0.2, -0.15) is 17.7 Å². The lowest BCUT2D eigenvalue weighted by atomic mass is 9.82. The van der Waals surface area contributed by atoms with Crippen LogP contribution in [-0.4, -0.2) is 28.7 Å². The Hall–Kier alpha value is -0.190. The van der Waals surface area contributed by atoms with Crippen LogP contribution in [0.1, 0.15) is 12.8 Å². The van der Waals surface area contributed by atoms with Gasteiger partial charge in [0.1, 0.15) is 0 Å². The van der Waals surface area contributed by atoms with Crippen LogP contribution in [0.25, 0.3) is 0 Å². The molecule has 0 aliphatic carbocycles. The van der Waals surface area contributed by atoms with E-state index in [1.54, 1.807) is 6.20 Å². The first-order valence-electron chi connectivity index (χ1n) is 5.11. The fraction of sp³-hybridized carbons (Fsp3) is 0.700. The zero-order chi connectivity index (χ0) is 10.7. The number of thiol groups is 1. The molecule has 1 fully saturated rings. The van der Waals surface area contributed by atoms with E-state index in [9.17, 15) is 0 Å². The third-order valence-electron chi connectivity index (χ3n) is 2.99. The van der Waals surface area contributed by atoms with Crippen molar-refractivity contribution >= 4 is 24.2 Å². The normalized spacial score (nSPS) is 20.4. The van der Waals surface area contributed by atoms with Crippen LogP contribution in [0.4, 0.5) is 0 Å². The van der Waals surface area contributed by atoms with E-state index in [1.807, 2.05) is 10.9 Å². The van der Waals surface area contributed by atoms with Crippen LogP contribution in [0.2, 0.25) is 5.02 Å². The van der Waals surface area contributed by atoms with Crippen LogP contribution < -0.4 is 0 Å². The summed E-state index contributed by atoms with van der Waals surface area (Å²) in [4.78, 5) is 0. The topological polar surface area (TPSA) is 27.1 Å². The van der Waals surface area contributed by atoms with Crippen molar-refractivity contribution in [2.24, 2.45) is 5.41 Å². The van der Waals surface area contributed by atoms with Gasteiger partial charge < -0.3 is 4.74 Å². The van der Waals surface area contributed by atoms with Crippen molar-refractivity contribution in [3.05, 3.63) is 17.4 Å². The van der Waals surface area contributed by atoms with Crippen LogP contribution in [0.5, 0.6) is 0 Å². The highest BCUT2D eigenvalue weighted by Crippen LogP contribution is 2.33. The Bertz CT molecular complexity index is 323. The second kappa shape index (κ2) is 4.76. The average molecular weight is 247 g/mol. The molecular weight excluding hydrogens is 232 g/mol. The molecule has 1 aliphatic rings. The summed E-state index contributed by atoms with van der Waals surface area (Å²) in [7, 11) is 0. The molecule has 0 saturated carbocycles. The monoisotopic (exact) mass is 246 g/mol. The highest BCUT2D eigenvalue weighted by atomic mass is 35.5. The first-order valence-corrected chi connectivity index (χ1v) is 6.12. The van der Waals surface area contributed by atoms with Crippen molar-refractivity contribution in [3.63, 3.8) is 0 Å². The molecule has 0 N–H and O–H groups in total. The molecule has 84 valence electrons. The minimum absolute atomic E-state index is 0.219. The highest BCUT2D eigenvalue weighted by Gasteiger charge is 2.31. The van der Waals surface area contributed by atoms with Crippen molar-refractivity contribution in [1.82, 2.24) is 9.78 Å². The summed E-state index contributed by atoms with van der Waals surface area (Å²) >= 11 is 10.3. The molecule has 3 nitrogen and oxygen atoms in total. The van der Waals surface area contributed by atoms with Gasteiger partial charge in [0.2, 0.25) is 0 Å². The largest absolute Gasteiger partial charge is 0.381 e. The molecular formula is C10H15ClN2OS. The van der Waals surface area contributed by atoms with E-state index in [1.165, 1.54) is 0 Å². The number of hydrogen-bond acceptors (Lipinski definition) is 3. The maximum absolute atomic E-state index is 5.84. The Labute approximate surface area is 100 Å². The van der Waals surface area contributed by atoms with Crippen LogP contribution in [0, 0.1) is 5.41 Å². The van der Waals surface area contributed by atoms with Crippen LogP contribution in [0.3, 0.4) is 0 Å².